The Bertz CT molecular complexity index is 699. The van der Waals surface area contributed by atoms with E-state index in [9.17, 15) is 0 Å². The minimum absolute atomic E-state index is 0.456. The van der Waals surface area contributed by atoms with Crippen LogP contribution in [0.25, 0.3) is 0 Å². The molecule has 2 heteroatoms. The van der Waals surface area contributed by atoms with Crippen molar-refractivity contribution in [2.45, 2.75) is 137 Å². The second kappa shape index (κ2) is 12.3. The third-order valence-corrected chi connectivity index (χ3v) is 12.0. The van der Waals surface area contributed by atoms with E-state index in [4.69, 9.17) is 4.74 Å². The average Bonchev–Trinajstić information content (AvgIpc) is 3.18. The summed E-state index contributed by atoms with van der Waals surface area (Å²) in [5.41, 5.74) is 2.84. The highest BCUT2D eigenvalue weighted by Gasteiger charge is 2.59. The SMILES string of the molecule is CC(C)CCC[C@@H](C)[C@H]1CC[C@H]2[C@@H]3CC=C4CC(OCCCCCCS)CC[C@]4(C)[C@H]3CC[C@]12C. The summed E-state index contributed by atoms with van der Waals surface area (Å²) in [6, 6.07) is 0. The topological polar surface area (TPSA) is 9.23 Å². The molecule has 0 radical (unpaired) electrons. The van der Waals surface area contributed by atoms with Gasteiger partial charge in [0, 0.05) is 6.61 Å². The predicted molar refractivity (Wildman–Crippen MR) is 155 cm³/mol. The highest BCUT2D eigenvalue weighted by molar-refractivity contribution is 7.80. The number of fused-ring (bicyclic) bond motifs is 5. The van der Waals surface area contributed by atoms with Gasteiger partial charge in [-0.2, -0.15) is 12.6 Å². The van der Waals surface area contributed by atoms with E-state index < -0.39 is 0 Å². The number of hydrogen-bond donors (Lipinski definition) is 1. The first-order valence-corrected chi connectivity index (χ1v) is 16.3. The van der Waals surface area contributed by atoms with Gasteiger partial charge < -0.3 is 4.74 Å². The van der Waals surface area contributed by atoms with Crippen LogP contribution in [0.2, 0.25) is 0 Å². The van der Waals surface area contributed by atoms with Gasteiger partial charge in [-0.05, 0) is 116 Å². The van der Waals surface area contributed by atoms with E-state index >= 15 is 0 Å². The standard InChI is InChI=1S/C33H58OS/c1-24(2)11-10-12-25(3)29-15-16-30-28-14-13-26-23-27(34-21-8-6-7-9-22-35)17-19-32(26,4)31(28)18-20-33(29,30)5/h13,24-25,27-31,35H,6-12,14-23H2,1-5H3/t25-,27?,28+,29-,30+,31+,32+,33-/m1/s1. The van der Waals surface area contributed by atoms with Gasteiger partial charge in [0.05, 0.1) is 6.10 Å². The molecule has 0 heterocycles. The van der Waals surface area contributed by atoms with Crippen LogP contribution in [0.3, 0.4) is 0 Å². The van der Waals surface area contributed by atoms with E-state index in [0.717, 1.165) is 47.9 Å². The van der Waals surface area contributed by atoms with Crippen LogP contribution in [-0.4, -0.2) is 18.5 Å². The largest absolute Gasteiger partial charge is 0.378 e. The molecule has 1 unspecified atom stereocenters. The second-order valence-corrected chi connectivity index (χ2v) is 14.6. The first kappa shape index (κ1) is 28.1. The summed E-state index contributed by atoms with van der Waals surface area (Å²) < 4.78 is 6.41. The van der Waals surface area contributed by atoms with Gasteiger partial charge in [0.1, 0.15) is 0 Å². The third kappa shape index (κ3) is 6.05. The number of rotatable bonds is 12. The van der Waals surface area contributed by atoms with Crippen molar-refractivity contribution in [2.24, 2.45) is 46.3 Å². The van der Waals surface area contributed by atoms with Gasteiger partial charge in [-0.3, -0.25) is 0 Å². The predicted octanol–water partition coefficient (Wildman–Crippen LogP) is 9.90. The number of allylic oxidation sites excluding steroid dienone is 1. The maximum absolute atomic E-state index is 6.41. The van der Waals surface area contributed by atoms with E-state index in [2.05, 4.69) is 53.3 Å². The smallest absolute Gasteiger partial charge is 0.0612 e. The van der Waals surface area contributed by atoms with E-state index in [-0.39, 0.29) is 0 Å². The molecule has 4 rings (SSSR count). The molecule has 1 nitrogen and oxygen atoms in total. The zero-order chi connectivity index (χ0) is 25.1. The molecule has 3 saturated carbocycles. The lowest BCUT2D eigenvalue weighted by Crippen LogP contribution is -2.51. The zero-order valence-corrected chi connectivity index (χ0v) is 24.9. The molecule has 8 atom stereocenters. The Hall–Kier alpha value is 0.0500. The van der Waals surface area contributed by atoms with Crippen molar-refractivity contribution in [3.8, 4) is 0 Å². The normalized spacial score (nSPS) is 39.6. The molecule has 0 aromatic rings. The molecule has 0 aromatic carbocycles. The maximum atomic E-state index is 6.41. The Morgan fingerprint density at radius 1 is 0.914 bits per heavy atom. The minimum atomic E-state index is 0.456. The number of ether oxygens (including phenoxy) is 1. The lowest BCUT2D eigenvalue weighted by Gasteiger charge is -2.58. The van der Waals surface area contributed by atoms with Crippen molar-refractivity contribution in [2.75, 3.05) is 12.4 Å². The third-order valence-electron chi connectivity index (χ3n) is 11.7. The summed E-state index contributed by atoms with van der Waals surface area (Å²) >= 11 is 4.33. The van der Waals surface area contributed by atoms with Crippen molar-refractivity contribution in [3.63, 3.8) is 0 Å². The molecule has 202 valence electrons. The molecule has 0 spiro atoms. The van der Waals surface area contributed by atoms with Crippen molar-refractivity contribution in [1.82, 2.24) is 0 Å². The van der Waals surface area contributed by atoms with Gasteiger partial charge in [-0.15, -0.1) is 0 Å². The number of unbranched alkanes of at least 4 members (excludes halogenated alkanes) is 3. The fourth-order valence-corrected chi connectivity index (χ4v) is 9.84. The fraction of sp³-hybridized carbons (Fsp3) is 0.939. The van der Waals surface area contributed by atoms with Crippen molar-refractivity contribution < 1.29 is 4.74 Å². The van der Waals surface area contributed by atoms with Crippen LogP contribution >= 0.6 is 12.6 Å². The van der Waals surface area contributed by atoms with Crippen LogP contribution in [0.1, 0.15) is 131 Å². The Morgan fingerprint density at radius 2 is 1.71 bits per heavy atom. The summed E-state index contributed by atoms with van der Waals surface area (Å²) in [5.74, 6) is 6.61. The van der Waals surface area contributed by atoms with Crippen LogP contribution in [-0.2, 0) is 4.74 Å². The van der Waals surface area contributed by atoms with E-state index in [1.165, 1.54) is 96.3 Å². The quantitative estimate of drug-likeness (QED) is 0.159. The molecule has 3 fully saturated rings. The number of thiol groups is 1. The van der Waals surface area contributed by atoms with Gasteiger partial charge in [0.2, 0.25) is 0 Å². The highest BCUT2D eigenvalue weighted by atomic mass is 32.1. The maximum Gasteiger partial charge on any atom is 0.0612 e. The molecule has 4 aliphatic rings. The Balaban J connectivity index is 1.34. The molecule has 0 aromatic heterocycles. The summed E-state index contributed by atoms with van der Waals surface area (Å²) in [7, 11) is 0. The Morgan fingerprint density at radius 3 is 2.49 bits per heavy atom. The molecule has 35 heavy (non-hydrogen) atoms. The summed E-state index contributed by atoms with van der Waals surface area (Å²) in [5, 5.41) is 0. The van der Waals surface area contributed by atoms with Crippen LogP contribution < -0.4 is 0 Å². The summed E-state index contributed by atoms with van der Waals surface area (Å²) in [6.45, 7) is 13.7. The van der Waals surface area contributed by atoms with Crippen molar-refractivity contribution in [3.05, 3.63) is 11.6 Å². The van der Waals surface area contributed by atoms with Crippen molar-refractivity contribution >= 4 is 12.6 Å². The molecular formula is C33H58OS. The molecule has 0 bridgehead atoms. The first-order valence-electron chi connectivity index (χ1n) is 15.7. The fourth-order valence-electron chi connectivity index (χ4n) is 9.61. The summed E-state index contributed by atoms with van der Waals surface area (Å²) in [4.78, 5) is 0. The van der Waals surface area contributed by atoms with Gasteiger partial charge >= 0.3 is 0 Å². The molecule has 4 aliphatic carbocycles. The van der Waals surface area contributed by atoms with Crippen LogP contribution in [0.15, 0.2) is 11.6 Å². The Labute approximate surface area is 224 Å². The highest BCUT2D eigenvalue weighted by Crippen LogP contribution is 2.67. The van der Waals surface area contributed by atoms with E-state index in [1.807, 2.05) is 0 Å². The molecule has 0 N–H and O–H groups in total. The van der Waals surface area contributed by atoms with E-state index in [0.29, 0.717) is 16.9 Å². The van der Waals surface area contributed by atoms with E-state index in [1.54, 1.807) is 5.57 Å². The lowest BCUT2D eigenvalue weighted by molar-refractivity contribution is -0.0641. The van der Waals surface area contributed by atoms with Gasteiger partial charge in [0.25, 0.3) is 0 Å². The van der Waals surface area contributed by atoms with Gasteiger partial charge in [-0.1, -0.05) is 78.4 Å². The summed E-state index contributed by atoms with van der Waals surface area (Å²) in [6.07, 6.45) is 23.8. The van der Waals surface area contributed by atoms with Gasteiger partial charge in [0.15, 0.2) is 0 Å². The van der Waals surface area contributed by atoms with Crippen molar-refractivity contribution in [1.29, 1.82) is 0 Å². The van der Waals surface area contributed by atoms with Crippen LogP contribution in [0.5, 0.6) is 0 Å². The average molecular weight is 503 g/mol. The second-order valence-electron chi connectivity index (χ2n) is 14.2. The van der Waals surface area contributed by atoms with Crippen LogP contribution in [0, 0.1) is 46.3 Å². The molecule has 0 amide bonds. The zero-order valence-electron chi connectivity index (χ0n) is 24.0. The van der Waals surface area contributed by atoms with Crippen LogP contribution in [0.4, 0.5) is 0 Å². The lowest BCUT2D eigenvalue weighted by atomic mass is 9.47. The monoisotopic (exact) mass is 502 g/mol. The molecule has 0 aliphatic heterocycles. The van der Waals surface area contributed by atoms with Gasteiger partial charge in [-0.25, -0.2) is 0 Å². The number of hydrogen-bond acceptors (Lipinski definition) is 2. The first-order chi connectivity index (χ1) is 16.8. The molecular weight excluding hydrogens is 444 g/mol. The molecule has 0 saturated heterocycles. The Kier molecular flexibility index (Phi) is 9.84. The minimum Gasteiger partial charge on any atom is -0.378 e.